The molecule has 1 aliphatic rings. The number of hydrogen-bond donors (Lipinski definition) is 1. The number of anilines is 1. The SMILES string of the molecule is CC.CCOC(=O)c1c(N2CCN(C(=O)c3cccs3)CC2)c2ccccc2n(CCN(C)C)c1=O.N. The van der Waals surface area contributed by atoms with Crippen LogP contribution in [0.25, 0.3) is 10.9 Å². The van der Waals surface area contributed by atoms with E-state index >= 15 is 0 Å². The molecule has 1 aliphatic heterocycles. The quantitative estimate of drug-likeness (QED) is 0.462. The molecule has 1 fully saturated rings. The third-order valence-electron chi connectivity index (χ3n) is 6.01. The predicted octanol–water partition coefficient (Wildman–Crippen LogP) is 3.95. The number of benzene rings is 1. The minimum atomic E-state index is -0.607. The summed E-state index contributed by atoms with van der Waals surface area (Å²) in [7, 11) is 3.90. The van der Waals surface area contributed by atoms with Gasteiger partial charge in [0.25, 0.3) is 11.5 Å². The van der Waals surface area contributed by atoms with Crippen molar-refractivity contribution < 1.29 is 14.3 Å². The summed E-state index contributed by atoms with van der Waals surface area (Å²) >= 11 is 1.43. The molecule has 0 radical (unpaired) electrons. The Labute approximate surface area is 222 Å². The van der Waals surface area contributed by atoms with Crippen LogP contribution in [0.5, 0.6) is 0 Å². The maximum absolute atomic E-state index is 13.7. The third kappa shape index (κ3) is 6.57. The van der Waals surface area contributed by atoms with Crippen LogP contribution >= 0.6 is 11.3 Å². The van der Waals surface area contributed by atoms with E-state index in [4.69, 9.17) is 4.74 Å². The van der Waals surface area contributed by atoms with E-state index in [1.807, 2.05) is 84.4 Å². The molecule has 0 saturated carbocycles. The summed E-state index contributed by atoms with van der Waals surface area (Å²) in [6.07, 6.45) is 0. The smallest absolute Gasteiger partial charge is 0.345 e. The highest BCUT2D eigenvalue weighted by atomic mass is 32.1. The Bertz CT molecular complexity index is 1230. The van der Waals surface area contributed by atoms with Crippen molar-refractivity contribution in [3.05, 3.63) is 62.6 Å². The van der Waals surface area contributed by atoms with Crippen LogP contribution in [0.1, 0.15) is 40.8 Å². The number of ether oxygens (including phenoxy) is 1. The summed E-state index contributed by atoms with van der Waals surface area (Å²) in [4.78, 5) is 46.1. The second-order valence-electron chi connectivity index (χ2n) is 8.48. The van der Waals surface area contributed by atoms with Crippen molar-refractivity contribution >= 4 is 39.8 Å². The van der Waals surface area contributed by atoms with Crippen molar-refractivity contribution in [3.63, 3.8) is 0 Å². The van der Waals surface area contributed by atoms with Crippen molar-refractivity contribution in [3.8, 4) is 0 Å². The number of carbonyl (C=O) groups excluding carboxylic acids is 2. The number of amides is 1. The minimum absolute atomic E-state index is 0. The van der Waals surface area contributed by atoms with Gasteiger partial charge in [-0.1, -0.05) is 38.1 Å². The Morgan fingerprint density at radius 1 is 1.03 bits per heavy atom. The van der Waals surface area contributed by atoms with E-state index in [1.54, 1.807) is 11.5 Å². The van der Waals surface area contributed by atoms with Crippen molar-refractivity contribution in [1.29, 1.82) is 0 Å². The number of fused-ring (bicyclic) bond motifs is 1. The molecular formula is C27H39N5O4S. The van der Waals surface area contributed by atoms with Crippen LogP contribution < -0.4 is 16.6 Å². The molecule has 3 aromatic rings. The average Bonchev–Trinajstić information content (AvgIpc) is 3.43. The number of likely N-dealkylation sites (N-methyl/N-ethyl adjacent to an activating group) is 1. The molecule has 202 valence electrons. The molecule has 4 rings (SSSR count). The van der Waals surface area contributed by atoms with E-state index in [2.05, 4.69) is 0 Å². The maximum atomic E-state index is 13.7. The van der Waals surface area contributed by atoms with Crippen LogP contribution in [-0.4, -0.2) is 79.7 Å². The van der Waals surface area contributed by atoms with Gasteiger partial charge in [-0.15, -0.1) is 11.3 Å². The molecule has 0 aliphatic carbocycles. The van der Waals surface area contributed by atoms with E-state index in [1.165, 1.54) is 11.3 Å². The third-order valence-corrected chi connectivity index (χ3v) is 6.87. The fourth-order valence-corrected chi connectivity index (χ4v) is 5.01. The van der Waals surface area contributed by atoms with E-state index in [0.717, 1.165) is 15.8 Å². The van der Waals surface area contributed by atoms with Crippen LogP contribution in [0.3, 0.4) is 0 Å². The van der Waals surface area contributed by atoms with Gasteiger partial charge >= 0.3 is 5.97 Å². The molecule has 9 nitrogen and oxygen atoms in total. The predicted molar refractivity (Wildman–Crippen MR) is 152 cm³/mol. The Kier molecular flexibility index (Phi) is 11.3. The first kappa shape index (κ1) is 30.0. The second kappa shape index (κ2) is 13.9. The molecule has 1 saturated heterocycles. The largest absolute Gasteiger partial charge is 0.462 e. The van der Waals surface area contributed by atoms with E-state index in [0.29, 0.717) is 45.0 Å². The average molecular weight is 530 g/mol. The van der Waals surface area contributed by atoms with Gasteiger partial charge in [0.15, 0.2) is 0 Å². The van der Waals surface area contributed by atoms with Gasteiger partial charge in [-0.2, -0.15) is 0 Å². The minimum Gasteiger partial charge on any atom is -0.462 e. The normalized spacial score (nSPS) is 13.1. The van der Waals surface area contributed by atoms with Gasteiger partial charge in [0.1, 0.15) is 5.56 Å². The number of aromatic nitrogens is 1. The standard InChI is InChI=1S/C25H30N4O4S.C2H6.H3N/c1-4-33-25(32)21-22(27-12-14-28(15-13-27)23(30)20-10-7-17-34-20)18-8-5-6-9-19(18)29(24(21)31)16-11-26(2)3;1-2;/h5-10,17H,4,11-16H2,1-3H3;1-2H3;1H3. The summed E-state index contributed by atoms with van der Waals surface area (Å²) in [5.74, 6) is -0.590. The number of rotatable bonds is 7. The first-order valence-corrected chi connectivity index (χ1v) is 13.4. The van der Waals surface area contributed by atoms with Gasteiger partial charge in [0.05, 0.1) is 22.7 Å². The molecule has 0 spiro atoms. The maximum Gasteiger partial charge on any atom is 0.345 e. The monoisotopic (exact) mass is 529 g/mol. The molecule has 1 aromatic carbocycles. The second-order valence-corrected chi connectivity index (χ2v) is 9.43. The fraction of sp³-hybridized carbons (Fsp3) is 0.444. The highest BCUT2D eigenvalue weighted by Gasteiger charge is 2.30. The highest BCUT2D eigenvalue weighted by Crippen LogP contribution is 2.31. The molecule has 3 N–H and O–H groups in total. The Hall–Kier alpha value is -3.21. The number of hydrogen-bond acceptors (Lipinski definition) is 8. The van der Waals surface area contributed by atoms with Gasteiger partial charge in [0, 0.05) is 44.7 Å². The molecule has 37 heavy (non-hydrogen) atoms. The van der Waals surface area contributed by atoms with Gasteiger partial charge < -0.3 is 30.2 Å². The lowest BCUT2D eigenvalue weighted by Crippen LogP contribution is -2.49. The number of para-hydroxylation sites is 1. The van der Waals surface area contributed by atoms with Crippen molar-refractivity contribution in [2.45, 2.75) is 27.3 Å². The zero-order valence-electron chi connectivity index (χ0n) is 22.5. The molecule has 1 amide bonds. The number of piperazine rings is 1. The summed E-state index contributed by atoms with van der Waals surface area (Å²) in [5.41, 5.74) is 1.11. The van der Waals surface area contributed by atoms with E-state index in [9.17, 15) is 14.4 Å². The zero-order chi connectivity index (χ0) is 26.2. The number of esters is 1. The summed E-state index contributed by atoms with van der Waals surface area (Å²) in [6.45, 7) is 9.11. The summed E-state index contributed by atoms with van der Waals surface area (Å²) < 4.78 is 6.99. The van der Waals surface area contributed by atoms with E-state index in [-0.39, 0.29) is 29.8 Å². The molecular weight excluding hydrogens is 490 g/mol. The first-order chi connectivity index (χ1) is 17.4. The number of pyridine rings is 1. The lowest BCUT2D eigenvalue weighted by Gasteiger charge is -2.37. The Morgan fingerprint density at radius 2 is 1.70 bits per heavy atom. The molecule has 0 bridgehead atoms. The number of thiophene rings is 1. The first-order valence-electron chi connectivity index (χ1n) is 12.5. The highest BCUT2D eigenvalue weighted by molar-refractivity contribution is 7.12. The van der Waals surface area contributed by atoms with Gasteiger partial charge in [-0.25, -0.2) is 4.79 Å². The molecule has 0 atom stereocenters. The lowest BCUT2D eigenvalue weighted by molar-refractivity contribution is 0.0523. The van der Waals surface area contributed by atoms with Crippen molar-refractivity contribution in [1.82, 2.24) is 20.5 Å². The molecule has 3 heterocycles. The lowest BCUT2D eigenvalue weighted by atomic mass is 10.1. The molecule has 0 unspecified atom stereocenters. The van der Waals surface area contributed by atoms with Crippen LogP contribution in [0.15, 0.2) is 46.6 Å². The van der Waals surface area contributed by atoms with Crippen molar-refractivity contribution in [2.24, 2.45) is 0 Å². The molecule has 2 aromatic heterocycles. The van der Waals surface area contributed by atoms with Crippen LogP contribution in [0.4, 0.5) is 5.69 Å². The summed E-state index contributed by atoms with van der Waals surface area (Å²) in [6, 6.07) is 11.4. The van der Waals surface area contributed by atoms with Gasteiger partial charge in [-0.05, 0) is 38.5 Å². The number of carbonyl (C=O) groups is 2. The molecule has 10 heteroatoms. The Morgan fingerprint density at radius 3 is 2.30 bits per heavy atom. The van der Waals surface area contributed by atoms with Crippen LogP contribution in [0.2, 0.25) is 0 Å². The number of nitrogens with zero attached hydrogens (tertiary/aromatic N) is 4. The Balaban J connectivity index is 0.00000157. The van der Waals surface area contributed by atoms with Gasteiger partial charge in [-0.3, -0.25) is 9.59 Å². The van der Waals surface area contributed by atoms with E-state index < -0.39 is 5.97 Å². The fourth-order valence-electron chi connectivity index (χ4n) is 4.32. The van der Waals surface area contributed by atoms with Crippen LogP contribution in [0, 0.1) is 0 Å². The summed E-state index contributed by atoms with van der Waals surface area (Å²) in [5, 5.41) is 2.73. The zero-order valence-corrected chi connectivity index (χ0v) is 23.3. The van der Waals surface area contributed by atoms with Crippen molar-refractivity contribution in [2.75, 3.05) is 58.3 Å². The van der Waals surface area contributed by atoms with Gasteiger partial charge in [0.2, 0.25) is 0 Å². The van der Waals surface area contributed by atoms with Crippen LogP contribution in [-0.2, 0) is 11.3 Å². The topological polar surface area (TPSA) is 110 Å².